The van der Waals surface area contributed by atoms with Gasteiger partial charge in [0.15, 0.2) is 11.0 Å². The fraction of sp³-hybridized carbons (Fsp3) is 0.222. The summed E-state index contributed by atoms with van der Waals surface area (Å²) >= 11 is 1.31. The predicted molar refractivity (Wildman–Crippen MR) is 98.6 cm³/mol. The highest BCUT2D eigenvalue weighted by molar-refractivity contribution is 7.99. The van der Waals surface area contributed by atoms with Gasteiger partial charge in [0, 0.05) is 12.2 Å². The minimum Gasteiger partial charge on any atom is -0.469 e. The second kappa shape index (κ2) is 7.89. The van der Waals surface area contributed by atoms with E-state index in [-0.39, 0.29) is 11.7 Å². The van der Waals surface area contributed by atoms with Gasteiger partial charge in [-0.2, -0.15) is 5.26 Å². The van der Waals surface area contributed by atoms with E-state index in [1.807, 2.05) is 30.6 Å². The zero-order chi connectivity index (χ0) is 18.5. The molecule has 2 heterocycles. The molecule has 0 aliphatic rings. The molecule has 0 aliphatic carbocycles. The minimum absolute atomic E-state index is 0.170. The van der Waals surface area contributed by atoms with E-state index in [0.29, 0.717) is 23.0 Å². The van der Waals surface area contributed by atoms with Crippen molar-refractivity contribution >= 4 is 23.4 Å². The van der Waals surface area contributed by atoms with Crippen LogP contribution in [0.4, 0.5) is 5.69 Å². The van der Waals surface area contributed by atoms with Crippen LogP contribution >= 0.6 is 11.8 Å². The highest BCUT2D eigenvalue weighted by Crippen LogP contribution is 2.27. The lowest BCUT2D eigenvalue weighted by molar-refractivity contribution is -0.113. The van der Waals surface area contributed by atoms with E-state index in [0.717, 1.165) is 17.1 Å². The number of carbonyl (C=O) groups is 1. The maximum atomic E-state index is 12.2. The topological polar surface area (TPSA) is 96.7 Å². The average Bonchev–Trinajstić information content (AvgIpc) is 3.25. The highest BCUT2D eigenvalue weighted by atomic mass is 32.2. The summed E-state index contributed by atoms with van der Waals surface area (Å²) in [6, 6.07) is 10.7. The van der Waals surface area contributed by atoms with Gasteiger partial charge in [0.1, 0.15) is 5.76 Å². The number of furan rings is 1. The van der Waals surface area contributed by atoms with Gasteiger partial charge in [0.05, 0.1) is 29.2 Å². The van der Waals surface area contributed by atoms with Crippen LogP contribution in [-0.2, 0) is 11.3 Å². The van der Waals surface area contributed by atoms with Crippen molar-refractivity contribution in [2.45, 2.75) is 25.5 Å². The number of nitrogens with zero attached hydrogens (tertiary/aromatic N) is 4. The number of hydrogen-bond donors (Lipinski definition) is 1. The van der Waals surface area contributed by atoms with Gasteiger partial charge in [-0.25, -0.2) is 0 Å². The zero-order valence-corrected chi connectivity index (χ0v) is 15.2. The monoisotopic (exact) mass is 367 g/mol. The molecule has 0 bridgehead atoms. The first kappa shape index (κ1) is 17.8. The molecule has 0 atom stereocenters. The van der Waals surface area contributed by atoms with E-state index < -0.39 is 0 Å². The summed E-state index contributed by atoms with van der Waals surface area (Å²) in [4.78, 5) is 12.2. The first-order valence-electron chi connectivity index (χ1n) is 8.03. The van der Waals surface area contributed by atoms with Crippen LogP contribution in [0.15, 0.2) is 46.2 Å². The Hall–Kier alpha value is -3.05. The number of carbonyl (C=O) groups excluding carboxylic acids is 1. The van der Waals surface area contributed by atoms with Gasteiger partial charge in [-0.3, -0.25) is 4.79 Å². The smallest absolute Gasteiger partial charge is 0.234 e. The number of nitriles is 1. The number of nitrogens with one attached hydrogen (secondary N) is 1. The maximum absolute atomic E-state index is 12.2. The number of rotatable bonds is 6. The molecule has 1 aromatic carbocycles. The molecular formula is C18H17N5O2S. The molecule has 3 aromatic rings. The summed E-state index contributed by atoms with van der Waals surface area (Å²) in [6.45, 7) is 4.56. The number of aromatic nitrogens is 3. The van der Waals surface area contributed by atoms with Crippen molar-refractivity contribution in [3.8, 4) is 17.5 Å². The molecule has 0 radical (unpaired) electrons. The van der Waals surface area contributed by atoms with Crippen molar-refractivity contribution in [2.75, 3.05) is 11.1 Å². The SMILES string of the molecule is CCn1c(SCC(=O)Nc2cccc(C#N)c2)nnc1-c1ccoc1C. The molecule has 2 aromatic heterocycles. The van der Waals surface area contributed by atoms with E-state index in [1.165, 1.54) is 11.8 Å². The van der Waals surface area contributed by atoms with Gasteiger partial charge in [0.25, 0.3) is 0 Å². The quantitative estimate of drug-likeness (QED) is 0.670. The summed E-state index contributed by atoms with van der Waals surface area (Å²) in [7, 11) is 0. The standard InChI is InChI=1S/C18H17N5O2S/c1-3-23-17(15-7-8-25-12(15)2)21-22-18(23)26-11-16(24)20-14-6-4-5-13(9-14)10-19/h4-9H,3,11H2,1-2H3,(H,20,24). The molecule has 0 unspecified atom stereocenters. The van der Waals surface area contributed by atoms with E-state index in [2.05, 4.69) is 15.5 Å². The fourth-order valence-electron chi connectivity index (χ4n) is 2.49. The summed E-state index contributed by atoms with van der Waals surface area (Å²) in [6.07, 6.45) is 1.62. The maximum Gasteiger partial charge on any atom is 0.234 e. The molecule has 1 amide bonds. The summed E-state index contributed by atoms with van der Waals surface area (Å²) in [5.41, 5.74) is 1.99. The molecule has 0 saturated heterocycles. The molecular weight excluding hydrogens is 350 g/mol. The van der Waals surface area contributed by atoms with E-state index in [1.54, 1.807) is 30.5 Å². The van der Waals surface area contributed by atoms with Gasteiger partial charge in [-0.05, 0) is 38.1 Å². The number of hydrogen-bond acceptors (Lipinski definition) is 6. The van der Waals surface area contributed by atoms with Gasteiger partial charge in [-0.15, -0.1) is 10.2 Å². The molecule has 0 spiro atoms. The first-order chi connectivity index (χ1) is 12.6. The number of anilines is 1. The van der Waals surface area contributed by atoms with Gasteiger partial charge >= 0.3 is 0 Å². The third-order valence-corrected chi connectivity index (χ3v) is 4.71. The van der Waals surface area contributed by atoms with Crippen LogP contribution in [0.3, 0.4) is 0 Å². The summed E-state index contributed by atoms with van der Waals surface area (Å²) < 4.78 is 7.29. The Morgan fingerprint density at radius 2 is 2.23 bits per heavy atom. The first-order valence-corrected chi connectivity index (χ1v) is 9.01. The van der Waals surface area contributed by atoms with Crippen molar-refractivity contribution in [1.82, 2.24) is 14.8 Å². The fourth-order valence-corrected chi connectivity index (χ4v) is 3.29. The van der Waals surface area contributed by atoms with Crippen LogP contribution in [0.2, 0.25) is 0 Å². The van der Waals surface area contributed by atoms with E-state index in [9.17, 15) is 4.79 Å². The molecule has 0 saturated carbocycles. The van der Waals surface area contributed by atoms with Crippen molar-refractivity contribution in [3.05, 3.63) is 47.9 Å². The van der Waals surface area contributed by atoms with Crippen molar-refractivity contribution < 1.29 is 9.21 Å². The van der Waals surface area contributed by atoms with Gasteiger partial charge < -0.3 is 14.3 Å². The van der Waals surface area contributed by atoms with Gasteiger partial charge in [-0.1, -0.05) is 17.8 Å². The van der Waals surface area contributed by atoms with Crippen molar-refractivity contribution in [1.29, 1.82) is 5.26 Å². The molecule has 7 nitrogen and oxygen atoms in total. The van der Waals surface area contributed by atoms with Crippen molar-refractivity contribution in [3.63, 3.8) is 0 Å². The third kappa shape index (κ3) is 3.78. The molecule has 8 heteroatoms. The van der Waals surface area contributed by atoms with Crippen LogP contribution < -0.4 is 5.32 Å². The van der Waals surface area contributed by atoms with Crippen LogP contribution in [-0.4, -0.2) is 26.4 Å². The van der Waals surface area contributed by atoms with Crippen LogP contribution in [0.1, 0.15) is 18.2 Å². The lowest BCUT2D eigenvalue weighted by Crippen LogP contribution is -2.14. The van der Waals surface area contributed by atoms with E-state index >= 15 is 0 Å². The largest absolute Gasteiger partial charge is 0.469 e. The number of amides is 1. The lowest BCUT2D eigenvalue weighted by atomic mass is 10.2. The Labute approximate surface area is 155 Å². The Morgan fingerprint density at radius 1 is 1.38 bits per heavy atom. The number of benzene rings is 1. The van der Waals surface area contributed by atoms with Crippen LogP contribution in [0, 0.1) is 18.3 Å². The Morgan fingerprint density at radius 3 is 2.92 bits per heavy atom. The highest BCUT2D eigenvalue weighted by Gasteiger charge is 2.17. The van der Waals surface area contributed by atoms with E-state index in [4.69, 9.17) is 9.68 Å². The molecule has 132 valence electrons. The Balaban J connectivity index is 1.68. The Kier molecular flexibility index (Phi) is 5.39. The molecule has 3 rings (SSSR count). The predicted octanol–water partition coefficient (Wildman–Crippen LogP) is 3.47. The van der Waals surface area contributed by atoms with Crippen molar-refractivity contribution in [2.24, 2.45) is 0 Å². The normalized spacial score (nSPS) is 10.5. The van der Waals surface area contributed by atoms with Gasteiger partial charge in [0.2, 0.25) is 5.91 Å². The Bertz CT molecular complexity index is 970. The molecule has 1 N–H and O–H groups in total. The average molecular weight is 367 g/mol. The van der Waals surface area contributed by atoms with Crippen LogP contribution in [0.25, 0.3) is 11.4 Å². The summed E-state index contributed by atoms with van der Waals surface area (Å²) in [5, 5.41) is 20.8. The number of thioether (sulfide) groups is 1. The molecule has 0 aliphatic heterocycles. The number of aryl methyl sites for hydroxylation is 1. The second-order valence-electron chi connectivity index (χ2n) is 5.47. The third-order valence-electron chi connectivity index (χ3n) is 3.74. The lowest BCUT2D eigenvalue weighted by Gasteiger charge is -2.07. The second-order valence-corrected chi connectivity index (χ2v) is 6.41. The zero-order valence-electron chi connectivity index (χ0n) is 14.4. The summed E-state index contributed by atoms with van der Waals surface area (Å²) in [5.74, 6) is 1.53. The molecule has 0 fully saturated rings. The van der Waals surface area contributed by atoms with Crippen LogP contribution in [0.5, 0.6) is 0 Å². The minimum atomic E-state index is -0.170. The molecule has 26 heavy (non-hydrogen) atoms.